The highest BCUT2D eigenvalue weighted by atomic mass is 33.1. The number of aliphatic carboxylic acids is 1. The van der Waals surface area contributed by atoms with Crippen LogP contribution in [0, 0.1) is 33.6 Å². The summed E-state index contributed by atoms with van der Waals surface area (Å²) in [5.74, 6) is -4.81. The normalized spacial score (nSPS) is 18.7. The molecule has 2 rings (SSSR count). The number of carbonyl (C=O) groups is 10. The number of Topliss-reactive ketones (excluding diaryl/α,β-unsaturated/α-hetero) is 2. The minimum Gasteiger partial charge on any atom is -0.480 e. The first-order valence-corrected chi connectivity index (χ1v) is 47.0. The first-order valence-electron chi connectivity index (χ1n) is 42.5. The third-order valence-electron chi connectivity index (χ3n) is 20.8. The average molecular weight is 1860 g/mol. The summed E-state index contributed by atoms with van der Waals surface area (Å²) in [7, 11) is 7.75. The number of nitrogens with one attached hydrogen (secondary N) is 2. The van der Waals surface area contributed by atoms with Crippen LogP contribution in [0.2, 0.25) is 0 Å². The van der Waals surface area contributed by atoms with Crippen molar-refractivity contribution in [1.82, 2.24) is 20.5 Å². The predicted molar refractivity (Wildman–Crippen MR) is 484 cm³/mol. The first-order chi connectivity index (χ1) is 57.5. The van der Waals surface area contributed by atoms with E-state index in [4.69, 9.17) is 75.6 Å². The Kier molecular flexibility index (Phi) is 57.4. The van der Waals surface area contributed by atoms with Crippen LogP contribution in [0.3, 0.4) is 0 Å². The highest BCUT2D eigenvalue weighted by Crippen LogP contribution is 2.54. The van der Waals surface area contributed by atoms with Crippen molar-refractivity contribution in [2.24, 2.45) is 27.1 Å². The van der Waals surface area contributed by atoms with Gasteiger partial charge in [-0.1, -0.05) is 87.3 Å². The van der Waals surface area contributed by atoms with E-state index in [1.165, 1.54) is 54.3 Å². The van der Waals surface area contributed by atoms with E-state index in [2.05, 4.69) is 20.5 Å². The molecule has 2 amide bonds. The lowest BCUT2D eigenvalue weighted by Crippen LogP contribution is -2.64. The largest absolute Gasteiger partial charge is 0.480 e. The van der Waals surface area contributed by atoms with E-state index in [9.17, 15) is 49.2 Å². The zero-order valence-corrected chi connectivity index (χ0v) is 81.3. The fourth-order valence-electron chi connectivity index (χ4n) is 14.4. The molecule has 1 aliphatic heterocycles. The maximum atomic E-state index is 15.7. The number of alkyl carbamates (subject to hydrolysis) is 1. The van der Waals surface area contributed by atoms with E-state index in [-0.39, 0.29) is 184 Å². The third-order valence-corrected chi connectivity index (χ3v) is 25.9. The Bertz CT molecular complexity index is 3390. The fourth-order valence-corrected chi connectivity index (χ4v) is 19.2. The average Bonchev–Trinajstić information content (AvgIpc) is 0.758. The Labute approximate surface area is 755 Å². The number of hydrogen-bond donors (Lipinski definition) is 6. The number of carboxylic acid groups (broad SMARTS) is 1. The number of carbonyl (C=O) groups excluding carboxylic acids is 9. The first kappa shape index (κ1) is 116. The van der Waals surface area contributed by atoms with Gasteiger partial charge in [-0.2, -0.15) is 9.90 Å². The number of aliphatic hydroxyl groups excluding tert-OH is 3. The molecule has 0 aliphatic carbocycles. The van der Waals surface area contributed by atoms with Crippen LogP contribution in [0.5, 0.6) is 0 Å². The van der Waals surface area contributed by atoms with E-state index < -0.39 is 147 Å². The summed E-state index contributed by atoms with van der Waals surface area (Å²) in [4.78, 5) is 152. The molecule has 0 bridgehead atoms. The zero-order chi connectivity index (χ0) is 91.6. The molecule has 1 aromatic rings. The number of amides is 2. The van der Waals surface area contributed by atoms with E-state index in [0.717, 1.165) is 24.6 Å². The summed E-state index contributed by atoms with van der Waals surface area (Å²) in [5.41, 5.74) is -11.1. The molecule has 13 atom stereocenters. The van der Waals surface area contributed by atoms with Gasteiger partial charge in [0.15, 0.2) is 6.29 Å². The summed E-state index contributed by atoms with van der Waals surface area (Å²) < 4.78 is 68.8. The molecule has 0 saturated carbocycles. The Balaban J connectivity index is 0.0000756. The quantitative estimate of drug-likeness (QED) is 0.00671. The maximum Gasteiger partial charge on any atom is 0.407 e. The second-order valence-electron chi connectivity index (χ2n) is 34.0. The van der Waals surface area contributed by atoms with Crippen molar-refractivity contribution in [3.05, 3.63) is 35.8 Å². The Morgan fingerprint density at radius 3 is 1.74 bits per heavy atom. The predicted octanol–water partition coefficient (Wildman–Crippen LogP) is 12.4. The highest BCUT2D eigenvalue weighted by molar-refractivity contribution is 8.76. The number of pyridine rings is 1. The molecule has 8 unspecified atom stereocenters. The van der Waals surface area contributed by atoms with Gasteiger partial charge in [0.2, 0.25) is 11.4 Å². The van der Waals surface area contributed by atoms with Crippen molar-refractivity contribution in [1.29, 1.82) is 0 Å². The molecular weight excluding hydrogens is 1710 g/mol. The lowest BCUT2D eigenvalue weighted by molar-refractivity contribution is -0.270. The molecule has 31 nitrogen and oxygen atoms in total. The number of esters is 5. The van der Waals surface area contributed by atoms with Gasteiger partial charge in [0.25, 0.3) is 0 Å². The molecule has 2 heterocycles. The number of thioether (sulfide) groups is 2. The summed E-state index contributed by atoms with van der Waals surface area (Å²) in [6.07, 6.45) is -0.475. The van der Waals surface area contributed by atoms with E-state index in [1.54, 1.807) is 81.7 Å². The molecule has 1 aromatic heterocycles. The highest BCUT2D eigenvalue weighted by Gasteiger charge is 2.58. The number of likely N-dealkylation sites (N-methyl/N-ethyl adjacent to an activating group) is 1. The van der Waals surface area contributed by atoms with Gasteiger partial charge in [0.1, 0.15) is 81.3 Å². The molecule has 123 heavy (non-hydrogen) atoms. The second-order valence-corrected chi connectivity index (χ2v) is 40.3. The molecule has 1 aliphatic rings. The van der Waals surface area contributed by atoms with Crippen LogP contribution in [0.4, 0.5) is 4.79 Å². The number of aliphatic hydroxyl groups is 3. The molecule has 6 N–H and O–H groups in total. The molecule has 1 saturated heterocycles. The number of unbranched alkanes of at least 4 members (excludes halogenated alkanes) is 4. The van der Waals surface area contributed by atoms with Crippen LogP contribution < -0.4 is 10.6 Å². The number of rotatable bonds is 67. The van der Waals surface area contributed by atoms with Crippen molar-refractivity contribution in [2.45, 2.75) is 283 Å². The van der Waals surface area contributed by atoms with Gasteiger partial charge in [-0.05, 0) is 175 Å². The van der Waals surface area contributed by atoms with Gasteiger partial charge in [-0.3, -0.25) is 43.2 Å². The summed E-state index contributed by atoms with van der Waals surface area (Å²) in [6.45, 7) is 30.2. The van der Waals surface area contributed by atoms with Crippen molar-refractivity contribution in [2.75, 3.05) is 138 Å². The Morgan fingerprint density at radius 1 is 0.602 bits per heavy atom. The lowest BCUT2D eigenvalue weighted by atomic mass is 9.59. The van der Waals surface area contributed by atoms with Crippen molar-refractivity contribution in [3.8, 4) is 0 Å². The number of aromatic nitrogens is 1. The van der Waals surface area contributed by atoms with Crippen LogP contribution in [0.25, 0.3) is 4.85 Å². The minimum absolute atomic E-state index is 0. The van der Waals surface area contributed by atoms with Gasteiger partial charge in [-0.15, -0.1) is 11.8 Å². The zero-order valence-electron chi connectivity index (χ0n) is 75.8. The number of methoxy groups -OCH3 is 1. The number of ether oxygens (including phenoxy) is 12. The van der Waals surface area contributed by atoms with Crippen LogP contribution in [0.1, 0.15) is 231 Å². The fraction of sp³-hybridized carbons (Fsp3) is 0.802. The Hall–Kier alpha value is -4.94. The molecule has 0 aromatic carbocycles. The van der Waals surface area contributed by atoms with Gasteiger partial charge >= 0.3 is 41.9 Å². The molecule has 0 radical (unpaired) electrons. The SMILES string of the molecule is P.[C-]#[N+]C(C)(CCC(=O)CCCOCCOCCC(=O)CCCCCCO[C@@H]1O[C@H](CO)[C@H](O)[C@H](O)[C@H]1NC(C)=O)CC(C)(CC(C)(CC(C)(CC(C)(CCC(C)(CCC(CCC)(SC(=S)SCC)C(=O)O)C(=O)OCCCC)C(=O)OCCN(C)C)C(=O)OCCOC)C(=O)OCCOCCNC(=O)OC(C)(C)C)C(=O)OCCSSc1ccccn1. The van der Waals surface area contributed by atoms with Crippen LogP contribution in [0.15, 0.2) is 29.4 Å². The second kappa shape index (κ2) is 60.8. The Morgan fingerprint density at radius 2 is 1.15 bits per heavy atom. The topological polar surface area (TPSA) is 407 Å². The molecule has 37 heteroatoms. The number of carboxylic acids is 1. The minimum atomic E-state index is -1.96. The van der Waals surface area contributed by atoms with Gasteiger partial charge in [0, 0.05) is 97.7 Å². The summed E-state index contributed by atoms with van der Waals surface area (Å²) in [6, 6.07) is 4.42. The van der Waals surface area contributed by atoms with Crippen molar-refractivity contribution < 1.29 is 125 Å². The lowest BCUT2D eigenvalue weighted by Gasteiger charge is -2.44. The monoisotopic (exact) mass is 1860 g/mol. The summed E-state index contributed by atoms with van der Waals surface area (Å²) in [5, 5.41) is 47.2. The van der Waals surface area contributed by atoms with Gasteiger partial charge in [-0.25, -0.2) is 16.4 Å². The standard InChI is InChI=1S/C86H143N5O26S5.H3P/c1-18-21-44-111-72(100)80(8,38-39-86(34-19-2,71(98)99)121-78(118)119-20-3)36-37-81(9,73(101)112-48-42-91(15)16)58-82(10,74(102)113-53-49-106-17)59-83(11,75(103)114-54-52-109-47-41-89-77(105)117-79(5,6)7)60-84(12,76(104)115-55-56-120-122-66-31-25-26-40-88-66)61-85(13,87-14)35-32-63(94)30-28-43-107-50-51-108-46-33-64(95)29-24-22-23-27-45-110-70-67(90-62(4)93)69(97)68(96)65(57-92)116-70;/h25-26,31,40,65,67-70,92,96-97H,18-24,27-30,32-39,41-61H2,1-13,15-17H3,(H,89,105)(H,90,93)(H,98,99);1H3/t65-,67-,68+,69-,70-,80?,81?,82?,83?,84?,85?,86?;/m1./s1. The van der Waals surface area contributed by atoms with E-state index >= 15 is 19.2 Å². The van der Waals surface area contributed by atoms with E-state index in [0.29, 0.717) is 65.8 Å². The number of thiocarbonyl (C=S) groups is 1. The molecule has 706 valence electrons. The van der Waals surface area contributed by atoms with Crippen molar-refractivity contribution >= 4 is 130 Å². The van der Waals surface area contributed by atoms with E-state index in [1.807, 2.05) is 37.8 Å². The smallest absolute Gasteiger partial charge is 0.407 e. The number of hydrogen-bond acceptors (Lipinski definition) is 32. The maximum absolute atomic E-state index is 15.7. The summed E-state index contributed by atoms with van der Waals surface area (Å²) >= 11 is 8.13. The van der Waals surface area contributed by atoms with Crippen LogP contribution in [-0.2, 0) is 100.0 Å². The number of nitrogens with zero attached hydrogens (tertiary/aromatic N) is 3. The number of ketones is 2. The molecule has 0 spiro atoms. The van der Waals surface area contributed by atoms with Crippen LogP contribution in [-0.4, -0.2) is 278 Å². The van der Waals surface area contributed by atoms with Gasteiger partial charge in [0.05, 0.1) is 79.9 Å². The molecular formula is C86H146N5O26PS5. The third kappa shape index (κ3) is 45.3. The van der Waals surface area contributed by atoms with Crippen molar-refractivity contribution in [3.63, 3.8) is 0 Å². The molecule has 1 fully saturated rings. The van der Waals surface area contributed by atoms with Crippen LogP contribution >= 0.6 is 67.2 Å². The van der Waals surface area contributed by atoms with Gasteiger partial charge < -0.3 is 97.6 Å².